The van der Waals surface area contributed by atoms with Crippen LogP contribution in [-0.2, 0) is 26.6 Å². The molecule has 0 atom stereocenters. The summed E-state index contributed by atoms with van der Waals surface area (Å²) in [5.74, 6) is -0.304. The largest absolute Gasteiger partial charge is 0.505 e. The number of nitrogens with one attached hydrogen (secondary N) is 2. The van der Waals surface area contributed by atoms with Crippen molar-refractivity contribution in [3.8, 4) is 16.3 Å². The Morgan fingerprint density at radius 2 is 2.08 bits per heavy atom. The van der Waals surface area contributed by atoms with Crippen LogP contribution in [0.15, 0.2) is 61.8 Å². The van der Waals surface area contributed by atoms with Gasteiger partial charge in [-0.25, -0.2) is 13.1 Å². The van der Waals surface area contributed by atoms with E-state index in [0.717, 1.165) is 25.3 Å². The summed E-state index contributed by atoms with van der Waals surface area (Å²) in [7, 11) is -8.23. The molecule has 0 amide bonds. The second-order valence-corrected chi connectivity index (χ2v) is 12.5. The second-order valence-electron chi connectivity index (χ2n) is 8.37. The molecule has 1 aliphatic carbocycles. The molecule has 1 fully saturated rings. The van der Waals surface area contributed by atoms with Gasteiger partial charge in [0.2, 0.25) is 0 Å². The molecule has 3 aromatic rings. The molecule has 0 radical (unpaired) electrons. The van der Waals surface area contributed by atoms with Gasteiger partial charge in [0.15, 0.2) is 11.6 Å². The van der Waals surface area contributed by atoms with Gasteiger partial charge in [-0.2, -0.15) is 13.5 Å². The van der Waals surface area contributed by atoms with E-state index in [1.165, 1.54) is 28.2 Å². The maximum Gasteiger partial charge on any atom is 0.286 e. The highest BCUT2D eigenvalue weighted by Gasteiger charge is 2.31. The Morgan fingerprint density at radius 1 is 1.31 bits per heavy atom. The molecule has 0 unspecified atom stereocenters. The van der Waals surface area contributed by atoms with Crippen LogP contribution < -0.4 is 15.6 Å². The van der Waals surface area contributed by atoms with Crippen LogP contribution in [-0.4, -0.2) is 37.6 Å². The molecule has 11 nitrogen and oxygen atoms in total. The van der Waals surface area contributed by atoms with Gasteiger partial charge < -0.3 is 10.4 Å². The number of benzene rings is 1. The van der Waals surface area contributed by atoms with Crippen LogP contribution in [0, 0.1) is 5.92 Å². The van der Waals surface area contributed by atoms with Crippen molar-refractivity contribution in [2.75, 3.05) is 10.0 Å². The predicted octanol–water partition coefficient (Wildman–Crippen LogP) is 2.92. The number of amidine groups is 1. The first kappa shape index (κ1) is 24.2. The Hall–Kier alpha value is -3.49. The number of sulfonamides is 2. The van der Waals surface area contributed by atoms with Crippen molar-refractivity contribution in [3.05, 3.63) is 63.6 Å². The van der Waals surface area contributed by atoms with Crippen LogP contribution in [0.2, 0.25) is 0 Å². The van der Waals surface area contributed by atoms with Gasteiger partial charge in [0.25, 0.3) is 25.6 Å². The average molecular weight is 548 g/mol. The minimum absolute atomic E-state index is 0.00755. The van der Waals surface area contributed by atoms with Gasteiger partial charge >= 0.3 is 0 Å². The molecule has 2 aromatic heterocycles. The van der Waals surface area contributed by atoms with E-state index in [1.807, 2.05) is 0 Å². The Kier molecular flexibility index (Phi) is 5.97. The number of aromatic hydroxyl groups is 1. The molecule has 36 heavy (non-hydrogen) atoms. The normalized spacial score (nSPS) is 16.5. The Labute approximate surface area is 210 Å². The van der Waals surface area contributed by atoms with Crippen LogP contribution >= 0.6 is 11.3 Å². The molecule has 5 rings (SSSR count). The SMILES string of the molecule is C=CS(=O)(=O)Nc1ccc2c(c1)S(=O)(=O)N=C(c1c(O)c(-c3cccs3)nn(CCC3CC3)c1=O)N2. The molecule has 2 aliphatic rings. The van der Waals surface area contributed by atoms with Crippen molar-refractivity contribution >= 4 is 48.6 Å². The molecule has 0 saturated heterocycles. The number of rotatable bonds is 8. The van der Waals surface area contributed by atoms with Crippen LogP contribution in [0.4, 0.5) is 11.4 Å². The van der Waals surface area contributed by atoms with Crippen LogP contribution in [0.5, 0.6) is 5.75 Å². The lowest BCUT2D eigenvalue weighted by Gasteiger charge is -2.20. The monoisotopic (exact) mass is 547 g/mol. The zero-order valence-electron chi connectivity index (χ0n) is 18.7. The van der Waals surface area contributed by atoms with Crippen molar-refractivity contribution in [2.45, 2.75) is 30.7 Å². The summed E-state index contributed by atoms with van der Waals surface area (Å²) in [6.45, 7) is 3.52. The highest BCUT2D eigenvalue weighted by Crippen LogP contribution is 2.36. The molecule has 1 saturated carbocycles. The number of thiophene rings is 1. The lowest BCUT2D eigenvalue weighted by molar-refractivity contribution is 0.455. The minimum Gasteiger partial charge on any atom is -0.505 e. The average Bonchev–Trinajstić information content (AvgIpc) is 3.49. The Morgan fingerprint density at radius 3 is 2.75 bits per heavy atom. The molecule has 14 heteroatoms. The van der Waals surface area contributed by atoms with Gasteiger partial charge in [-0.15, -0.1) is 15.7 Å². The predicted molar refractivity (Wildman–Crippen MR) is 137 cm³/mol. The first-order valence-corrected chi connectivity index (χ1v) is 14.7. The molecule has 1 aliphatic heterocycles. The van der Waals surface area contributed by atoms with Gasteiger partial charge in [-0.1, -0.05) is 25.5 Å². The molecule has 3 N–H and O–H groups in total. The zero-order valence-corrected chi connectivity index (χ0v) is 21.2. The summed E-state index contributed by atoms with van der Waals surface area (Å²) < 4.78 is 56.9. The molecule has 188 valence electrons. The first-order valence-electron chi connectivity index (χ1n) is 10.9. The smallest absolute Gasteiger partial charge is 0.286 e. The summed E-state index contributed by atoms with van der Waals surface area (Å²) in [6, 6.07) is 7.31. The number of aryl methyl sites for hydroxylation is 1. The van der Waals surface area contributed by atoms with E-state index in [0.29, 0.717) is 22.7 Å². The number of aromatic nitrogens is 2. The van der Waals surface area contributed by atoms with Gasteiger partial charge in [0.05, 0.1) is 16.3 Å². The molecular weight excluding hydrogens is 526 g/mol. The van der Waals surface area contributed by atoms with E-state index in [-0.39, 0.29) is 33.4 Å². The Bertz CT molecular complexity index is 1670. The molecule has 0 spiro atoms. The van der Waals surface area contributed by atoms with Crippen molar-refractivity contribution in [2.24, 2.45) is 10.3 Å². The van der Waals surface area contributed by atoms with Crippen molar-refractivity contribution in [1.29, 1.82) is 0 Å². The fourth-order valence-corrected chi connectivity index (χ4v) is 6.15. The first-order chi connectivity index (χ1) is 17.1. The fourth-order valence-electron chi connectivity index (χ4n) is 3.75. The second kappa shape index (κ2) is 8.87. The van der Waals surface area contributed by atoms with Gasteiger partial charge in [-0.3, -0.25) is 9.52 Å². The summed E-state index contributed by atoms with van der Waals surface area (Å²) >= 11 is 1.31. The van der Waals surface area contributed by atoms with Gasteiger partial charge in [0, 0.05) is 12.0 Å². The van der Waals surface area contributed by atoms with E-state index < -0.39 is 31.4 Å². The highest BCUT2D eigenvalue weighted by molar-refractivity contribution is 7.95. The lowest BCUT2D eigenvalue weighted by atomic mass is 10.1. The fraction of sp³-hybridized carbons (Fsp3) is 0.227. The summed E-state index contributed by atoms with van der Waals surface area (Å²) in [6.07, 6.45) is 2.92. The van der Waals surface area contributed by atoms with E-state index in [9.17, 15) is 26.7 Å². The van der Waals surface area contributed by atoms with Gasteiger partial charge in [-0.05, 0) is 42.0 Å². The summed E-state index contributed by atoms with van der Waals surface area (Å²) in [4.78, 5) is 13.7. The van der Waals surface area contributed by atoms with E-state index in [1.54, 1.807) is 17.5 Å². The number of nitrogens with zero attached hydrogens (tertiary/aromatic N) is 3. The van der Waals surface area contributed by atoms with Crippen LogP contribution in [0.3, 0.4) is 0 Å². The standard InChI is InChI=1S/C22H21N5O6S3/c1-2-35(30,31)25-14-7-8-15-17(12-14)36(32,33)26-21(23-15)18-20(28)19(16-4-3-11-34-16)24-27(22(18)29)10-9-13-5-6-13/h2-4,7-8,11-13,25,28H,1,5-6,9-10H2,(H,23,26). The van der Waals surface area contributed by atoms with Crippen LogP contribution in [0.1, 0.15) is 24.8 Å². The third-order valence-electron chi connectivity index (χ3n) is 5.77. The minimum atomic E-state index is -4.37. The number of anilines is 2. The molecule has 3 heterocycles. The topological polar surface area (TPSA) is 160 Å². The summed E-state index contributed by atoms with van der Waals surface area (Å²) in [5.41, 5.74) is -0.771. The van der Waals surface area contributed by atoms with Crippen molar-refractivity contribution in [1.82, 2.24) is 9.78 Å². The van der Waals surface area contributed by atoms with Crippen LogP contribution in [0.25, 0.3) is 10.6 Å². The number of hydrogen-bond donors (Lipinski definition) is 3. The van der Waals surface area contributed by atoms with Crippen molar-refractivity contribution in [3.63, 3.8) is 0 Å². The number of fused-ring (bicyclic) bond motifs is 1. The van der Waals surface area contributed by atoms with Gasteiger partial charge in [0.1, 0.15) is 16.2 Å². The molecular formula is C22H21N5O6S3. The Balaban J connectivity index is 1.61. The van der Waals surface area contributed by atoms with E-state index in [4.69, 9.17) is 0 Å². The lowest BCUT2D eigenvalue weighted by Crippen LogP contribution is -2.34. The van der Waals surface area contributed by atoms with E-state index in [2.05, 4.69) is 26.1 Å². The third kappa shape index (κ3) is 4.66. The maximum absolute atomic E-state index is 13.4. The van der Waals surface area contributed by atoms with E-state index >= 15 is 0 Å². The number of hydrogen-bond acceptors (Lipinski definition) is 9. The van der Waals surface area contributed by atoms with Crippen molar-refractivity contribution < 1.29 is 21.9 Å². The quantitative estimate of drug-likeness (QED) is 0.388. The highest BCUT2D eigenvalue weighted by atomic mass is 32.2. The molecule has 0 bridgehead atoms. The zero-order chi connectivity index (χ0) is 25.7. The maximum atomic E-state index is 13.4. The third-order valence-corrected chi connectivity index (χ3v) is 8.92. The summed E-state index contributed by atoms with van der Waals surface area (Å²) in [5, 5.41) is 20.7. The molecule has 1 aromatic carbocycles.